The van der Waals surface area contributed by atoms with Crippen molar-refractivity contribution in [2.45, 2.75) is 70.9 Å². The van der Waals surface area contributed by atoms with Gasteiger partial charge in [-0.2, -0.15) is 4.72 Å². The number of sulfone groups is 1. The molecule has 0 aromatic heterocycles. The molecule has 3 aromatic carbocycles. The predicted octanol–water partition coefficient (Wildman–Crippen LogP) is 4.97. The van der Waals surface area contributed by atoms with E-state index in [0.717, 1.165) is 12.3 Å². The zero-order chi connectivity index (χ0) is 34.9. The van der Waals surface area contributed by atoms with E-state index in [9.17, 15) is 31.5 Å². The number of aromatic carboxylic acids is 1. The summed E-state index contributed by atoms with van der Waals surface area (Å²) in [7, 11) is -5.13. The molecule has 0 fully saturated rings. The summed E-state index contributed by atoms with van der Waals surface area (Å²) in [4.78, 5) is 25.3. The number of carboxylic acid groups (broad SMARTS) is 1. The summed E-state index contributed by atoms with van der Waals surface area (Å²) in [6, 6.07) is 5.00. The van der Waals surface area contributed by atoms with E-state index in [1.54, 1.807) is 48.5 Å². The molecule has 0 bridgehead atoms. The molecule has 0 amide bonds. The number of esters is 1. The summed E-state index contributed by atoms with van der Waals surface area (Å²) >= 11 is 0. The summed E-state index contributed by atoms with van der Waals surface area (Å²) in [6.45, 7) is 11.6. The fourth-order valence-electron chi connectivity index (χ4n) is 5.13. The SMILES string of the molecule is CCC(NS(=O)(=O)c1cccc(S(C)(=O)=O)c1)Oc1c(C)c(C)c(C(=O)Oc2c(C)c(C)c(C(=O)O)c(OC)c2C)c(OC)c1C. The summed E-state index contributed by atoms with van der Waals surface area (Å²) in [5.74, 6) is -1.28. The van der Waals surface area contributed by atoms with E-state index in [1.165, 1.54) is 32.4 Å². The van der Waals surface area contributed by atoms with Gasteiger partial charge >= 0.3 is 11.9 Å². The van der Waals surface area contributed by atoms with E-state index in [-0.39, 0.29) is 50.3 Å². The molecule has 0 aliphatic heterocycles. The smallest absolute Gasteiger partial charge is 0.347 e. The van der Waals surface area contributed by atoms with Crippen molar-refractivity contribution in [1.82, 2.24) is 4.72 Å². The van der Waals surface area contributed by atoms with Gasteiger partial charge in [0.05, 0.1) is 24.0 Å². The molecule has 3 rings (SSSR count). The molecule has 1 atom stereocenters. The first-order chi connectivity index (χ1) is 21.3. The molecule has 0 saturated heterocycles. The summed E-state index contributed by atoms with van der Waals surface area (Å²) < 4.78 is 75.9. The molecule has 46 heavy (non-hydrogen) atoms. The van der Waals surface area contributed by atoms with Gasteiger partial charge in [0.1, 0.15) is 34.1 Å². The topological polar surface area (TPSA) is 172 Å². The number of methoxy groups -OCH3 is 2. The van der Waals surface area contributed by atoms with Gasteiger partial charge in [0.25, 0.3) is 0 Å². The number of rotatable bonds is 12. The van der Waals surface area contributed by atoms with Gasteiger partial charge in [0.15, 0.2) is 16.1 Å². The van der Waals surface area contributed by atoms with Crippen LogP contribution in [0.3, 0.4) is 0 Å². The predicted molar refractivity (Wildman–Crippen MR) is 171 cm³/mol. The molecule has 0 saturated carbocycles. The molecule has 0 aliphatic rings. The highest BCUT2D eigenvalue weighted by Gasteiger charge is 2.30. The van der Waals surface area contributed by atoms with Crippen molar-refractivity contribution in [2.24, 2.45) is 0 Å². The first-order valence-electron chi connectivity index (χ1n) is 14.1. The lowest BCUT2D eigenvalue weighted by atomic mass is 9.95. The second kappa shape index (κ2) is 13.7. The second-order valence-electron chi connectivity index (χ2n) is 10.8. The van der Waals surface area contributed by atoms with Crippen molar-refractivity contribution in [3.05, 3.63) is 68.8 Å². The van der Waals surface area contributed by atoms with Crippen LogP contribution in [0.15, 0.2) is 34.1 Å². The zero-order valence-electron chi connectivity index (χ0n) is 27.4. The molecule has 14 heteroatoms. The van der Waals surface area contributed by atoms with Crippen LogP contribution < -0.4 is 23.7 Å². The lowest BCUT2D eigenvalue weighted by Gasteiger charge is -2.25. The van der Waals surface area contributed by atoms with Crippen LogP contribution in [-0.4, -0.2) is 60.6 Å². The number of hydrogen-bond acceptors (Lipinski definition) is 10. The van der Waals surface area contributed by atoms with Gasteiger partial charge in [-0.3, -0.25) is 0 Å². The largest absolute Gasteiger partial charge is 0.495 e. The standard InChI is InChI=1S/C32H39NO11S2/c1-11-24(33-46(39,40)23-14-12-13-22(15-23)45(10,37)38)43-27-19(5)17(3)26(30(42-9)20(27)6)32(36)44-28-18(4)16(2)25(31(34)35)29(41-8)21(28)7/h12-15,24,33H,11H2,1-10H3,(H,34,35). The zero-order valence-corrected chi connectivity index (χ0v) is 29.1. The van der Waals surface area contributed by atoms with Gasteiger partial charge in [-0.15, -0.1) is 0 Å². The molecular formula is C32H39NO11S2. The van der Waals surface area contributed by atoms with E-state index >= 15 is 0 Å². The number of carbonyl (C=O) groups excluding carboxylic acids is 1. The normalized spacial score (nSPS) is 12.4. The molecule has 0 radical (unpaired) electrons. The van der Waals surface area contributed by atoms with Crippen LogP contribution >= 0.6 is 0 Å². The molecular weight excluding hydrogens is 638 g/mol. The Labute approximate surface area is 269 Å². The highest BCUT2D eigenvalue weighted by Crippen LogP contribution is 2.42. The Morgan fingerprint density at radius 3 is 1.78 bits per heavy atom. The first kappa shape index (κ1) is 36.3. The van der Waals surface area contributed by atoms with Crippen LogP contribution in [0, 0.1) is 41.5 Å². The highest BCUT2D eigenvalue weighted by molar-refractivity contribution is 7.91. The Balaban J connectivity index is 2.04. The van der Waals surface area contributed by atoms with Gasteiger partial charge in [0.2, 0.25) is 10.0 Å². The molecule has 2 N–H and O–H groups in total. The van der Waals surface area contributed by atoms with Crippen molar-refractivity contribution in [1.29, 1.82) is 0 Å². The molecule has 0 heterocycles. The first-order valence-corrected chi connectivity index (χ1v) is 17.5. The fourth-order valence-corrected chi connectivity index (χ4v) is 7.11. The monoisotopic (exact) mass is 677 g/mol. The average Bonchev–Trinajstić information content (AvgIpc) is 2.99. The maximum absolute atomic E-state index is 13.8. The van der Waals surface area contributed by atoms with E-state index in [2.05, 4.69) is 4.72 Å². The third kappa shape index (κ3) is 6.98. The second-order valence-corrected chi connectivity index (χ2v) is 14.5. The Kier molecular flexibility index (Phi) is 10.8. The molecule has 0 spiro atoms. The van der Waals surface area contributed by atoms with Crippen LogP contribution in [0.1, 0.15) is 67.4 Å². The third-order valence-electron chi connectivity index (χ3n) is 7.86. The highest BCUT2D eigenvalue weighted by atomic mass is 32.2. The summed E-state index contributed by atoms with van der Waals surface area (Å²) in [5, 5.41) is 9.73. The van der Waals surface area contributed by atoms with Crippen LogP contribution in [0.25, 0.3) is 0 Å². The number of carboxylic acids is 1. The quantitative estimate of drug-likeness (QED) is 0.151. The fraction of sp³-hybridized carbons (Fsp3) is 0.375. The Hall–Kier alpha value is -4.14. The Bertz CT molecular complexity index is 1930. The number of benzene rings is 3. The minimum atomic E-state index is -4.20. The van der Waals surface area contributed by atoms with Gasteiger partial charge in [-0.05, 0) is 88.4 Å². The maximum Gasteiger partial charge on any atom is 0.347 e. The molecule has 3 aromatic rings. The third-order valence-corrected chi connectivity index (χ3v) is 10.4. The van der Waals surface area contributed by atoms with Crippen molar-refractivity contribution in [3.63, 3.8) is 0 Å². The van der Waals surface area contributed by atoms with E-state index in [0.29, 0.717) is 33.4 Å². The molecule has 250 valence electrons. The summed E-state index contributed by atoms with van der Waals surface area (Å²) in [6.07, 6.45) is 0.112. The minimum Gasteiger partial charge on any atom is -0.495 e. The number of carbonyl (C=O) groups is 2. The number of nitrogens with one attached hydrogen (secondary N) is 1. The average molecular weight is 678 g/mol. The van der Waals surface area contributed by atoms with Gasteiger partial charge in [-0.25, -0.2) is 26.4 Å². The summed E-state index contributed by atoms with van der Waals surface area (Å²) in [5.41, 5.74) is 2.62. The van der Waals surface area contributed by atoms with Crippen LogP contribution in [-0.2, 0) is 19.9 Å². The lowest BCUT2D eigenvalue weighted by molar-refractivity contribution is 0.0691. The van der Waals surface area contributed by atoms with Crippen molar-refractivity contribution in [2.75, 3.05) is 20.5 Å². The van der Waals surface area contributed by atoms with E-state index in [1.807, 2.05) is 0 Å². The van der Waals surface area contributed by atoms with Crippen molar-refractivity contribution < 1.29 is 50.5 Å². The van der Waals surface area contributed by atoms with Crippen molar-refractivity contribution in [3.8, 4) is 23.0 Å². The van der Waals surface area contributed by atoms with E-state index in [4.69, 9.17) is 18.9 Å². The van der Waals surface area contributed by atoms with E-state index < -0.39 is 38.0 Å². The Morgan fingerprint density at radius 2 is 1.26 bits per heavy atom. The van der Waals surface area contributed by atoms with Crippen LogP contribution in [0.4, 0.5) is 0 Å². The number of ether oxygens (including phenoxy) is 4. The maximum atomic E-state index is 13.8. The number of hydrogen-bond donors (Lipinski definition) is 2. The Morgan fingerprint density at radius 1 is 0.761 bits per heavy atom. The van der Waals surface area contributed by atoms with Gasteiger partial charge < -0.3 is 24.1 Å². The van der Waals surface area contributed by atoms with Gasteiger partial charge in [0, 0.05) is 17.4 Å². The molecule has 12 nitrogen and oxygen atoms in total. The van der Waals surface area contributed by atoms with Crippen LogP contribution in [0.2, 0.25) is 0 Å². The lowest BCUT2D eigenvalue weighted by Crippen LogP contribution is -2.39. The van der Waals surface area contributed by atoms with Crippen molar-refractivity contribution >= 4 is 31.8 Å². The molecule has 1 unspecified atom stereocenters. The molecule has 0 aliphatic carbocycles. The number of sulfonamides is 1. The van der Waals surface area contributed by atoms with Gasteiger partial charge in [-0.1, -0.05) is 13.0 Å². The minimum absolute atomic E-state index is 0.0246. The van der Waals surface area contributed by atoms with Crippen LogP contribution in [0.5, 0.6) is 23.0 Å².